The van der Waals surface area contributed by atoms with Gasteiger partial charge in [-0.05, 0) is 63.3 Å². The average Bonchev–Trinajstić information content (AvgIpc) is 2.58. The third kappa shape index (κ3) is 4.22. The summed E-state index contributed by atoms with van der Waals surface area (Å²) in [5.41, 5.74) is 4.68. The summed E-state index contributed by atoms with van der Waals surface area (Å²) in [7, 11) is 4.18. The van der Waals surface area contributed by atoms with Crippen LogP contribution in [-0.4, -0.2) is 44.7 Å². The van der Waals surface area contributed by atoms with Gasteiger partial charge in [0.05, 0.1) is 24.4 Å². The number of benzene rings is 2. The van der Waals surface area contributed by atoms with E-state index < -0.39 is 0 Å². The number of carbonyl (C=O) groups is 1. The van der Waals surface area contributed by atoms with Gasteiger partial charge < -0.3 is 14.5 Å². The van der Waals surface area contributed by atoms with Crippen LogP contribution in [0.25, 0.3) is 0 Å². The van der Waals surface area contributed by atoms with E-state index in [-0.39, 0.29) is 5.97 Å². The molecule has 0 bridgehead atoms. The van der Waals surface area contributed by atoms with Crippen LogP contribution in [0.15, 0.2) is 46.2 Å². The number of aryl methyl sites for hydroxylation is 1. The first kappa shape index (κ1) is 18.8. The highest BCUT2D eigenvalue weighted by Gasteiger charge is 2.24. The summed E-state index contributed by atoms with van der Waals surface area (Å²) in [6.07, 6.45) is 0.314. The summed E-state index contributed by atoms with van der Waals surface area (Å²) in [6.45, 7) is 6.24. The number of anilines is 2. The molecule has 0 aliphatic carbocycles. The maximum absolute atomic E-state index is 11.9. The number of fused-ring (bicyclic) bond motifs is 2. The Morgan fingerprint density at radius 3 is 2.65 bits per heavy atom. The Bertz CT molecular complexity index is 805. The Kier molecular flexibility index (Phi) is 5.89. The maximum atomic E-state index is 11.9. The molecule has 0 radical (unpaired) electrons. The average molecular weight is 371 g/mol. The SMILES string of the molecule is CCOC(=O)Cc1ccc2c(c1)N(CCN(C)C)c1ccc(C)cc1S2. The third-order valence-corrected chi connectivity index (χ3v) is 5.48. The summed E-state index contributed by atoms with van der Waals surface area (Å²) >= 11 is 1.80. The molecule has 1 aliphatic rings. The predicted octanol–water partition coefficient (Wildman–Crippen LogP) is 4.26. The van der Waals surface area contributed by atoms with Gasteiger partial charge in [-0.3, -0.25) is 4.79 Å². The molecule has 3 rings (SSSR count). The summed E-state index contributed by atoms with van der Waals surface area (Å²) in [5, 5.41) is 0. The fourth-order valence-corrected chi connectivity index (χ4v) is 4.24. The molecule has 1 heterocycles. The van der Waals surface area contributed by atoms with Crippen molar-refractivity contribution in [3.05, 3.63) is 47.5 Å². The van der Waals surface area contributed by atoms with Crippen LogP contribution in [0.3, 0.4) is 0 Å². The molecule has 4 nitrogen and oxygen atoms in total. The highest BCUT2D eigenvalue weighted by molar-refractivity contribution is 7.99. The smallest absolute Gasteiger partial charge is 0.310 e. The lowest BCUT2D eigenvalue weighted by molar-refractivity contribution is -0.142. The lowest BCUT2D eigenvalue weighted by atomic mass is 10.1. The highest BCUT2D eigenvalue weighted by Crippen LogP contribution is 2.48. The molecule has 138 valence electrons. The molecule has 0 fully saturated rings. The van der Waals surface area contributed by atoms with Gasteiger partial charge >= 0.3 is 5.97 Å². The summed E-state index contributed by atoms with van der Waals surface area (Å²) in [6, 6.07) is 12.9. The first-order valence-corrected chi connectivity index (χ1v) is 9.79. The van der Waals surface area contributed by atoms with Gasteiger partial charge in [0.1, 0.15) is 0 Å². The van der Waals surface area contributed by atoms with Gasteiger partial charge in [-0.2, -0.15) is 0 Å². The van der Waals surface area contributed by atoms with Gasteiger partial charge in [0.15, 0.2) is 0 Å². The first-order chi connectivity index (χ1) is 12.5. The molecule has 0 amide bonds. The lowest BCUT2D eigenvalue weighted by Gasteiger charge is -2.34. The van der Waals surface area contributed by atoms with Crippen LogP contribution >= 0.6 is 11.8 Å². The number of nitrogens with zero attached hydrogens (tertiary/aromatic N) is 2. The third-order valence-electron chi connectivity index (χ3n) is 4.36. The zero-order chi connectivity index (χ0) is 18.7. The van der Waals surface area contributed by atoms with E-state index in [4.69, 9.17) is 4.74 Å². The predicted molar refractivity (Wildman–Crippen MR) is 108 cm³/mol. The molecular weight excluding hydrogens is 344 g/mol. The van der Waals surface area contributed by atoms with Gasteiger partial charge in [0, 0.05) is 22.9 Å². The van der Waals surface area contributed by atoms with Gasteiger partial charge in [-0.15, -0.1) is 0 Å². The zero-order valence-electron chi connectivity index (χ0n) is 15.9. The maximum Gasteiger partial charge on any atom is 0.310 e. The van der Waals surface area contributed by atoms with Crippen molar-refractivity contribution in [3.63, 3.8) is 0 Å². The molecule has 5 heteroatoms. The van der Waals surface area contributed by atoms with Gasteiger partial charge in [-0.25, -0.2) is 0 Å². The Balaban J connectivity index is 1.95. The van der Waals surface area contributed by atoms with Crippen LogP contribution in [0.5, 0.6) is 0 Å². The van der Waals surface area contributed by atoms with E-state index in [0.29, 0.717) is 13.0 Å². The molecular formula is C21H26N2O2S. The number of esters is 1. The Morgan fingerprint density at radius 2 is 1.92 bits per heavy atom. The standard InChI is InChI=1S/C21H26N2O2S/c1-5-25-21(24)14-16-7-9-19-18(13-16)23(11-10-22(3)4)17-8-6-15(2)12-20(17)26-19/h6-9,12-13H,5,10-11,14H2,1-4H3. The second-order valence-electron chi connectivity index (χ2n) is 6.81. The topological polar surface area (TPSA) is 32.8 Å². The van der Waals surface area contributed by atoms with Crippen LogP contribution in [0.1, 0.15) is 18.1 Å². The van der Waals surface area contributed by atoms with Crippen molar-refractivity contribution in [3.8, 4) is 0 Å². The van der Waals surface area contributed by atoms with Crippen LogP contribution < -0.4 is 4.90 Å². The van der Waals surface area contributed by atoms with E-state index in [1.165, 1.54) is 26.7 Å². The molecule has 2 aromatic carbocycles. The van der Waals surface area contributed by atoms with Gasteiger partial charge in [0.25, 0.3) is 0 Å². The van der Waals surface area contributed by atoms with Crippen LogP contribution in [0.2, 0.25) is 0 Å². The zero-order valence-corrected chi connectivity index (χ0v) is 16.7. The first-order valence-electron chi connectivity index (χ1n) is 8.97. The van der Waals surface area contributed by atoms with Crippen molar-refractivity contribution < 1.29 is 9.53 Å². The minimum Gasteiger partial charge on any atom is -0.466 e. The Morgan fingerprint density at radius 1 is 1.12 bits per heavy atom. The van der Waals surface area contributed by atoms with Crippen LogP contribution in [0, 0.1) is 6.92 Å². The number of ether oxygens (including phenoxy) is 1. The van der Waals surface area contributed by atoms with Gasteiger partial charge in [0.2, 0.25) is 0 Å². The molecule has 0 atom stereocenters. The number of rotatable bonds is 6. The van der Waals surface area contributed by atoms with Gasteiger partial charge in [-0.1, -0.05) is 23.9 Å². The molecule has 0 saturated carbocycles. The molecule has 0 saturated heterocycles. The van der Waals surface area contributed by atoms with Crippen molar-refractivity contribution in [1.82, 2.24) is 4.90 Å². The van der Waals surface area contributed by atoms with E-state index in [2.05, 4.69) is 61.2 Å². The van der Waals surface area contributed by atoms with Crippen molar-refractivity contribution in [2.24, 2.45) is 0 Å². The monoisotopic (exact) mass is 370 g/mol. The number of hydrogen-bond donors (Lipinski definition) is 0. The normalized spacial score (nSPS) is 12.7. The van der Waals surface area contributed by atoms with Crippen molar-refractivity contribution in [2.45, 2.75) is 30.1 Å². The van der Waals surface area contributed by atoms with Crippen molar-refractivity contribution >= 4 is 29.1 Å². The fraction of sp³-hybridized carbons (Fsp3) is 0.381. The van der Waals surface area contributed by atoms with E-state index in [0.717, 1.165) is 18.7 Å². The number of likely N-dealkylation sites (N-methyl/N-ethyl adjacent to an activating group) is 1. The molecule has 0 N–H and O–H groups in total. The largest absolute Gasteiger partial charge is 0.466 e. The minimum atomic E-state index is -0.174. The van der Waals surface area contributed by atoms with Crippen LogP contribution in [0.4, 0.5) is 11.4 Å². The molecule has 0 spiro atoms. The molecule has 26 heavy (non-hydrogen) atoms. The Labute approximate surface area is 160 Å². The quantitative estimate of drug-likeness (QED) is 0.709. The lowest BCUT2D eigenvalue weighted by Crippen LogP contribution is -2.30. The fourth-order valence-electron chi connectivity index (χ4n) is 3.06. The minimum absolute atomic E-state index is 0.174. The van der Waals surface area contributed by atoms with Crippen molar-refractivity contribution in [1.29, 1.82) is 0 Å². The number of carbonyl (C=O) groups excluding carboxylic acids is 1. The van der Waals surface area contributed by atoms with Crippen LogP contribution in [-0.2, 0) is 16.0 Å². The summed E-state index contributed by atoms with van der Waals surface area (Å²) in [4.78, 5) is 18.9. The second kappa shape index (κ2) is 8.14. The molecule has 2 aromatic rings. The van der Waals surface area contributed by atoms with E-state index in [1.54, 1.807) is 11.8 Å². The Hall–Kier alpha value is -1.98. The van der Waals surface area contributed by atoms with E-state index in [1.807, 2.05) is 13.0 Å². The highest BCUT2D eigenvalue weighted by atomic mass is 32.2. The summed E-state index contributed by atoms with van der Waals surface area (Å²) in [5.74, 6) is -0.174. The summed E-state index contributed by atoms with van der Waals surface area (Å²) < 4.78 is 5.10. The van der Waals surface area contributed by atoms with Crippen molar-refractivity contribution in [2.75, 3.05) is 38.7 Å². The number of hydrogen-bond acceptors (Lipinski definition) is 5. The molecule has 1 aliphatic heterocycles. The molecule has 0 unspecified atom stereocenters. The second-order valence-corrected chi connectivity index (χ2v) is 7.90. The van der Waals surface area contributed by atoms with E-state index >= 15 is 0 Å². The van der Waals surface area contributed by atoms with E-state index in [9.17, 15) is 4.79 Å². The molecule has 0 aromatic heterocycles.